The van der Waals surface area contributed by atoms with Gasteiger partial charge in [0, 0.05) is 23.8 Å². The summed E-state index contributed by atoms with van der Waals surface area (Å²) < 4.78 is 31.5. The van der Waals surface area contributed by atoms with Crippen LogP contribution in [0.5, 0.6) is 0 Å². The van der Waals surface area contributed by atoms with Crippen LogP contribution in [-0.4, -0.2) is 39.6 Å². The number of cyclic esters (lactones) is 1. The van der Waals surface area contributed by atoms with E-state index in [1.165, 1.54) is 4.90 Å². The second-order valence-corrected chi connectivity index (χ2v) is 9.10. The second-order valence-electron chi connectivity index (χ2n) is 7.34. The summed E-state index contributed by atoms with van der Waals surface area (Å²) in [5.41, 5.74) is 2.70. The molecule has 2 N–H and O–H groups in total. The normalized spacial score (nSPS) is 14.1. The zero-order chi connectivity index (χ0) is 21.7. The van der Waals surface area contributed by atoms with Gasteiger partial charge in [0.2, 0.25) is 10.0 Å². The molecule has 2 aromatic carbocycles. The van der Waals surface area contributed by atoms with Crippen LogP contribution in [0.2, 0.25) is 0 Å². The number of ether oxygens (including phenoxy) is 1. The number of hydrogen-bond acceptors (Lipinski definition) is 5. The molecule has 0 saturated carbocycles. The largest absolute Gasteiger partial charge is 0.447 e. The molecule has 8 nitrogen and oxygen atoms in total. The number of amides is 2. The van der Waals surface area contributed by atoms with E-state index < -0.39 is 10.0 Å². The molecule has 9 heteroatoms. The molecule has 1 saturated heterocycles. The van der Waals surface area contributed by atoms with Crippen LogP contribution in [0.25, 0.3) is 0 Å². The van der Waals surface area contributed by atoms with Crippen LogP contribution in [0, 0.1) is 0 Å². The van der Waals surface area contributed by atoms with Gasteiger partial charge in [-0.2, -0.15) is 0 Å². The maximum absolute atomic E-state index is 12.4. The lowest BCUT2D eigenvalue weighted by Gasteiger charge is -2.13. The third kappa shape index (κ3) is 5.80. The number of nitrogens with one attached hydrogen (secondary N) is 2. The zero-order valence-corrected chi connectivity index (χ0v) is 17.7. The van der Waals surface area contributed by atoms with Gasteiger partial charge in [0.05, 0.1) is 12.3 Å². The summed E-state index contributed by atoms with van der Waals surface area (Å²) >= 11 is 0. The van der Waals surface area contributed by atoms with Gasteiger partial charge in [-0.25, -0.2) is 17.9 Å². The quantitative estimate of drug-likeness (QED) is 0.668. The molecule has 1 fully saturated rings. The highest BCUT2D eigenvalue weighted by Gasteiger charge is 2.23. The van der Waals surface area contributed by atoms with Gasteiger partial charge in [-0.1, -0.05) is 24.3 Å². The lowest BCUT2D eigenvalue weighted by atomic mass is 10.1. The highest BCUT2D eigenvalue weighted by atomic mass is 32.2. The number of nitrogens with zero attached hydrogens (tertiary/aromatic N) is 1. The van der Waals surface area contributed by atoms with E-state index in [9.17, 15) is 18.0 Å². The van der Waals surface area contributed by atoms with Crippen LogP contribution in [0.4, 0.5) is 10.5 Å². The lowest BCUT2D eigenvalue weighted by Crippen LogP contribution is -2.31. The maximum atomic E-state index is 12.4. The summed E-state index contributed by atoms with van der Waals surface area (Å²) in [6.07, 6.45) is -0.386. The van der Waals surface area contributed by atoms with E-state index in [1.54, 1.807) is 62.4 Å². The Morgan fingerprint density at radius 1 is 1.07 bits per heavy atom. The molecule has 160 valence electrons. The molecule has 1 aliphatic rings. The van der Waals surface area contributed by atoms with Crippen molar-refractivity contribution >= 4 is 27.7 Å². The van der Waals surface area contributed by atoms with E-state index in [1.807, 2.05) is 0 Å². The Kier molecular flexibility index (Phi) is 6.73. The van der Waals surface area contributed by atoms with Crippen LogP contribution >= 0.6 is 0 Å². The molecular weight excluding hydrogens is 406 g/mol. The Balaban J connectivity index is 1.54. The van der Waals surface area contributed by atoms with Crippen LogP contribution in [-0.2, 0) is 27.1 Å². The molecule has 2 amide bonds. The Morgan fingerprint density at radius 2 is 1.70 bits per heavy atom. The number of anilines is 1. The van der Waals surface area contributed by atoms with E-state index in [4.69, 9.17) is 4.74 Å². The minimum absolute atomic E-state index is 0.0886. The van der Waals surface area contributed by atoms with Crippen molar-refractivity contribution in [3.05, 3.63) is 65.2 Å². The van der Waals surface area contributed by atoms with Crippen molar-refractivity contribution in [3.8, 4) is 0 Å². The van der Waals surface area contributed by atoms with E-state index >= 15 is 0 Å². The van der Waals surface area contributed by atoms with Gasteiger partial charge in [0.1, 0.15) is 6.61 Å². The predicted molar refractivity (Wildman–Crippen MR) is 114 cm³/mol. The second kappa shape index (κ2) is 9.27. The predicted octanol–water partition coefficient (Wildman–Crippen LogP) is 2.40. The van der Waals surface area contributed by atoms with E-state index in [2.05, 4.69) is 10.0 Å². The Morgan fingerprint density at radius 3 is 2.27 bits per heavy atom. The van der Waals surface area contributed by atoms with Gasteiger partial charge in [-0.05, 0) is 49.2 Å². The zero-order valence-electron chi connectivity index (χ0n) is 16.9. The SMILES string of the molecule is CC(C)NS(=O)(=O)Cc1ccc(CNC(=O)c2ccc(N3CCOC3=O)cc2)cc1. The molecule has 1 heterocycles. The molecular formula is C21H25N3O5S. The van der Waals surface area contributed by atoms with Gasteiger partial charge in [-0.3, -0.25) is 9.69 Å². The third-order valence-electron chi connectivity index (χ3n) is 4.45. The molecule has 0 aromatic heterocycles. The topological polar surface area (TPSA) is 105 Å². The molecule has 0 atom stereocenters. The Hall–Kier alpha value is -2.91. The average molecular weight is 432 g/mol. The smallest absolute Gasteiger partial charge is 0.414 e. The van der Waals surface area contributed by atoms with Gasteiger partial charge in [0.15, 0.2) is 0 Å². The number of carbonyl (C=O) groups excluding carboxylic acids is 2. The summed E-state index contributed by atoms with van der Waals surface area (Å²) in [5.74, 6) is -0.326. The fourth-order valence-corrected chi connectivity index (χ4v) is 4.51. The summed E-state index contributed by atoms with van der Waals surface area (Å²) in [6, 6.07) is 13.7. The number of benzene rings is 2. The summed E-state index contributed by atoms with van der Waals surface area (Å²) in [4.78, 5) is 25.5. The minimum Gasteiger partial charge on any atom is -0.447 e. The molecule has 0 unspecified atom stereocenters. The number of carbonyl (C=O) groups is 2. The van der Waals surface area contributed by atoms with Gasteiger partial charge in [-0.15, -0.1) is 0 Å². The number of rotatable bonds is 8. The third-order valence-corrected chi connectivity index (χ3v) is 5.99. The van der Waals surface area contributed by atoms with Crippen molar-refractivity contribution in [2.75, 3.05) is 18.1 Å². The Labute approximate surface area is 176 Å². The van der Waals surface area contributed by atoms with Crippen molar-refractivity contribution in [1.29, 1.82) is 0 Å². The van der Waals surface area contributed by atoms with Gasteiger partial charge < -0.3 is 10.1 Å². The highest BCUT2D eigenvalue weighted by molar-refractivity contribution is 7.88. The Bertz CT molecular complexity index is 1000. The monoisotopic (exact) mass is 431 g/mol. The maximum Gasteiger partial charge on any atom is 0.414 e. The summed E-state index contributed by atoms with van der Waals surface area (Å²) in [5, 5.41) is 2.83. The first-order valence-electron chi connectivity index (χ1n) is 9.64. The van der Waals surface area contributed by atoms with Gasteiger partial charge in [0.25, 0.3) is 5.91 Å². The lowest BCUT2D eigenvalue weighted by molar-refractivity contribution is 0.0951. The fraction of sp³-hybridized carbons (Fsp3) is 0.333. The molecule has 0 radical (unpaired) electrons. The molecule has 30 heavy (non-hydrogen) atoms. The van der Waals surface area contributed by atoms with Crippen LogP contribution < -0.4 is 14.9 Å². The van der Waals surface area contributed by atoms with Gasteiger partial charge >= 0.3 is 6.09 Å². The number of hydrogen-bond donors (Lipinski definition) is 2. The molecule has 3 rings (SSSR count). The highest BCUT2D eigenvalue weighted by Crippen LogP contribution is 2.19. The summed E-state index contributed by atoms with van der Waals surface area (Å²) in [6.45, 7) is 4.72. The van der Waals surface area contributed by atoms with Crippen LogP contribution in [0.3, 0.4) is 0 Å². The first-order chi connectivity index (χ1) is 14.2. The molecule has 0 aliphatic carbocycles. The summed E-state index contributed by atoms with van der Waals surface area (Å²) in [7, 11) is -3.37. The van der Waals surface area contributed by atoms with Crippen molar-refractivity contribution < 1.29 is 22.7 Å². The van der Waals surface area contributed by atoms with E-state index in [-0.39, 0.29) is 23.8 Å². The van der Waals surface area contributed by atoms with Crippen molar-refractivity contribution in [3.63, 3.8) is 0 Å². The van der Waals surface area contributed by atoms with Crippen LogP contribution in [0.15, 0.2) is 48.5 Å². The minimum atomic E-state index is -3.37. The molecule has 1 aliphatic heterocycles. The number of sulfonamides is 1. The molecule has 0 bridgehead atoms. The fourth-order valence-electron chi connectivity index (χ4n) is 3.08. The first kappa shape index (κ1) is 21.8. The standard InChI is InChI=1S/C21H25N3O5S/c1-15(2)23-30(27,28)14-17-5-3-16(4-6-17)13-22-20(25)18-7-9-19(10-8-18)24-11-12-29-21(24)26/h3-10,15,23H,11-14H2,1-2H3,(H,22,25). The van der Waals surface area contributed by atoms with Crippen LogP contribution in [0.1, 0.15) is 35.3 Å². The van der Waals surface area contributed by atoms with E-state index in [0.717, 1.165) is 5.56 Å². The molecule has 2 aromatic rings. The van der Waals surface area contributed by atoms with Crippen molar-refractivity contribution in [2.24, 2.45) is 0 Å². The van der Waals surface area contributed by atoms with E-state index in [0.29, 0.717) is 36.5 Å². The first-order valence-corrected chi connectivity index (χ1v) is 11.3. The molecule has 0 spiro atoms. The van der Waals surface area contributed by atoms with Crippen molar-refractivity contribution in [1.82, 2.24) is 10.0 Å². The average Bonchev–Trinajstić information content (AvgIpc) is 3.12. The van der Waals surface area contributed by atoms with Crippen molar-refractivity contribution in [2.45, 2.75) is 32.2 Å².